The number of carbonyl (C=O) groups excluding carboxylic acids is 4. The molecule has 0 aromatic heterocycles. The van der Waals surface area contributed by atoms with Gasteiger partial charge in [0.25, 0.3) is 0 Å². The van der Waals surface area contributed by atoms with Gasteiger partial charge in [-0.3, -0.25) is 24.1 Å². The second-order valence-electron chi connectivity index (χ2n) is 13.9. The lowest BCUT2D eigenvalue weighted by Crippen LogP contribution is -2.59. The highest BCUT2D eigenvalue weighted by Gasteiger charge is 2.75. The summed E-state index contributed by atoms with van der Waals surface area (Å²) in [6.07, 6.45) is 4.08. The van der Waals surface area contributed by atoms with Gasteiger partial charge in [-0.15, -0.1) is 13.2 Å². The molecule has 8 atom stereocenters. The third kappa shape index (κ3) is 7.26. The fourth-order valence-electron chi connectivity index (χ4n) is 8.28. The van der Waals surface area contributed by atoms with Crippen molar-refractivity contribution in [3.05, 3.63) is 61.2 Å². The number of carbonyl (C=O) groups is 4. The molecule has 4 fully saturated rings. The Labute approximate surface area is 296 Å². The predicted molar refractivity (Wildman–Crippen MR) is 187 cm³/mol. The fraction of sp³-hybridized carbons (Fsp3) is 0.632. The summed E-state index contributed by atoms with van der Waals surface area (Å²) in [7, 11) is 1.69. The molecule has 1 aromatic carbocycles. The molecule has 4 aliphatic heterocycles. The molecule has 0 aliphatic carbocycles. The third-order valence-electron chi connectivity index (χ3n) is 11.1. The molecule has 1 aromatic rings. The summed E-state index contributed by atoms with van der Waals surface area (Å²) in [5.74, 6) is -3.25. The van der Waals surface area contributed by atoms with E-state index in [1.54, 1.807) is 29.0 Å². The van der Waals surface area contributed by atoms with Gasteiger partial charge in [-0.1, -0.05) is 49.4 Å². The highest BCUT2D eigenvalue weighted by molar-refractivity contribution is 5.98. The van der Waals surface area contributed by atoms with Crippen molar-refractivity contribution < 1.29 is 38.5 Å². The molecule has 12 nitrogen and oxygen atoms in total. The normalized spacial score (nSPS) is 27.7. The monoisotopic (exact) mass is 694 g/mol. The lowest BCUT2D eigenvalue weighted by molar-refractivity contribution is -0.165. The lowest BCUT2D eigenvalue weighted by atomic mass is 9.70. The van der Waals surface area contributed by atoms with Gasteiger partial charge in [-0.05, 0) is 38.2 Å². The minimum absolute atomic E-state index is 0.105. The number of morpholine rings is 1. The van der Waals surface area contributed by atoms with Crippen molar-refractivity contribution in [2.24, 2.45) is 11.8 Å². The van der Waals surface area contributed by atoms with Gasteiger partial charge in [0.05, 0.1) is 49.8 Å². The van der Waals surface area contributed by atoms with Crippen molar-refractivity contribution >= 4 is 23.7 Å². The van der Waals surface area contributed by atoms with Crippen LogP contribution in [0, 0.1) is 11.8 Å². The number of aliphatic hydroxyl groups excluding tert-OH is 1. The molecule has 4 aliphatic rings. The summed E-state index contributed by atoms with van der Waals surface area (Å²) in [4.78, 5) is 63.7. The maximum absolute atomic E-state index is 14.7. The van der Waals surface area contributed by atoms with Crippen LogP contribution in [-0.2, 0) is 33.4 Å². The SMILES string of the molecule is C=CCCC(=O)N(C)[C@H](C)[C@H](OC(=O)[C@@H]1[C@H]2C(=O)N([C@@H](CC)CO)[C@H](C(=O)N(CC=C)CCN3CCOCC3)[C@]23CC[C@H]1O3)c1ccccc1. The predicted octanol–water partition coefficient (Wildman–Crippen LogP) is 2.58. The van der Waals surface area contributed by atoms with E-state index in [-0.39, 0.29) is 37.3 Å². The molecule has 5 rings (SSSR count). The zero-order chi connectivity index (χ0) is 36.0. The van der Waals surface area contributed by atoms with E-state index in [9.17, 15) is 24.3 Å². The minimum Gasteiger partial charge on any atom is -0.455 e. The molecule has 274 valence electrons. The van der Waals surface area contributed by atoms with Gasteiger partial charge in [0.2, 0.25) is 17.7 Å². The summed E-state index contributed by atoms with van der Waals surface area (Å²) in [6, 6.07) is 7.10. The highest BCUT2D eigenvalue weighted by atomic mass is 16.6. The summed E-state index contributed by atoms with van der Waals surface area (Å²) in [5, 5.41) is 10.5. The van der Waals surface area contributed by atoms with E-state index >= 15 is 0 Å². The first-order chi connectivity index (χ1) is 24.1. The van der Waals surface area contributed by atoms with Crippen LogP contribution in [0.4, 0.5) is 0 Å². The number of likely N-dealkylation sites (N-methyl/N-ethyl adjacent to an activating group) is 1. The number of likely N-dealkylation sites (tertiary alicyclic amines) is 1. The van der Waals surface area contributed by atoms with Crippen LogP contribution in [0.15, 0.2) is 55.6 Å². The first-order valence-corrected chi connectivity index (χ1v) is 18.1. The number of benzene rings is 1. The van der Waals surface area contributed by atoms with Crippen LogP contribution in [0.5, 0.6) is 0 Å². The second-order valence-corrected chi connectivity index (χ2v) is 13.9. The van der Waals surface area contributed by atoms with E-state index in [0.717, 1.165) is 18.7 Å². The van der Waals surface area contributed by atoms with Gasteiger partial charge in [-0.25, -0.2) is 0 Å². The molecule has 4 heterocycles. The van der Waals surface area contributed by atoms with Crippen molar-refractivity contribution in [2.45, 2.75) is 81.9 Å². The Balaban J connectivity index is 1.44. The van der Waals surface area contributed by atoms with Crippen LogP contribution in [0.3, 0.4) is 0 Å². The van der Waals surface area contributed by atoms with E-state index in [1.165, 1.54) is 4.90 Å². The number of allylic oxidation sites excluding steroid dienone is 1. The van der Waals surface area contributed by atoms with Gasteiger partial charge >= 0.3 is 5.97 Å². The number of fused-ring (bicyclic) bond motifs is 1. The molecular weight excluding hydrogens is 640 g/mol. The van der Waals surface area contributed by atoms with Crippen LogP contribution < -0.4 is 0 Å². The Morgan fingerprint density at radius 1 is 1.16 bits per heavy atom. The largest absolute Gasteiger partial charge is 0.455 e. The van der Waals surface area contributed by atoms with E-state index in [0.29, 0.717) is 52.0 Å². The first-order valence-electron chi connectivity index (χ1n) is 18.1. The van der Waals surface area contributed by atoms with Gasteiger partial charge in [-0.2, -0.15) is 0 Å². The van der Waals surface area contributed by atoms with E-state index < -0.39 is 53.7 Å². The number of amides is 3. The molecule has 3 amide bonds. The number of esters is 1. The Hall–Kier alpha value is -3.58. The smallest absolute Gasteiger partial charge is 0.313 e. The number of hydrogen-bond acceptors (Lipinski definition) is 9. The average Bonchev–Trinajstić information content (AvgIpc) is 3.79. The summed E-state index contributed by atoms with van der Waals surface area (Å²) >= 11 is 0. The third-order valence-corrected chi connectivity index (χ3v) is 11.1. The molecule has 50 heavy (non-hydrogen) atoms. The molecule has 1 N–H and O–H groups in total. The van der Waals surface area contributed by atoms with Crippen molar-refractivity contribution in [1.82, 2.24) is 19.6 Å². The van der Waals surface area contributed by atoms with Gasteiger partial charge in [0.15, 0.2) is 0 Å². The van der Waals surface area contributed by atoms with Crippen LogP contribution in [-0.4, -0.2) is 138 Å². The fourth-order valence-corrected chi connectivity index (χ4v) is 8.28. The zero-order valence-corrected chi connectivity index (χ0v) is 29.8. The van der Waals surface area contributed by atoms with E-state index in [4.69, 9.17) is 14.2 Å². The zero-order valence-electron chi connectivity index (χ0n) is 29.8. The van der Waals surface area contributed by atoms with Gasteiger partial charge in [0, 0.05) is 46.2 Å². The molecular formula is C38H54N4O8. The van der Waals surface area contributed by atoms with Crippen LogP contribution in [0.25, 0.3) is 0 Å². The highest BCUT2D eigenvalue weighted by Crippen LogP contribution is 2.59. The summed E-state index contributed by atoms with van der Waals surface area (Å²) < 4.78 is 18.5. The standard InChI is InChI=1S/C38H54N4O8/c1-6-9-15-30(44)39(5)26(4)33(27-13-11-10-12-14-27)49-37(47)31-29-16-17-38(50-29)32(31)35(45)42(28(8-3)25-43)34(38)36(46)41(18-7-2)20-19-40-21-23-48-24-22-40/h6-7,10-14,26,28-29,31-34,43H,1-2,8-9,15-25H2,3-5H3/t26-,28+,29-,31+,32+,33+,34-,38+/m1/s1. The van der Waals surface area contributed by atoms with Crippen LogP contribution in [0.1, 0.15) is 57.6 Å². The van der Waals surface area contributed by atoms with Crippen molar-refractivity contribution in [3.8, 4) is 0 Å². The maximum atomic E-state index is 14.7. The van der Waals surface area contributed by atoms with Gasteiger partial charge in [0.1, 0.15) is 17.7 Å². The first kappa shape index (κ1) is 37.7. The number of hydrogen-bond donors (Lipinski definition) is 1. The quantitative estimate of drug-likeness (QED) is 0.193. The maximum Gasteiger partial charge on any atom is 0.313 e. The summed E-state index contributed by atoms with van der Waals surface area (Å²) in [5.41, 5.74) is -0.524. The molecule has 0 unspecified atom stereocenters. The molecule has 4 saturated heterocycles. The van der Waals surface area contributed by atoms with Crippen molar-refractivity contribution in [3.63, 3.8) is 0 Å². The second kappa shape index (κ2) is 16.6. The average molecular weight is 695 g/mol. The molecule has 2 bridgehead atoms. The van der Waals surface area contributed by atoms with Gasteiger partial charge < -0.3 is 34.0 Å². The molecule has 12 heteroatoms. The Bertz CT molecular complexity index is 1380. The topological polar surface area (TPSA) is 129 Å². The van der Waals surface area contributed by atoms with E-state index in [2.05, 4.69) is 18.1 Å². The number of nitrogens with zero attached hydrogens (tertiary/aromatic N) is 4. The summed E-state index contributed by atoms with van der Waals surface area (Å²) in [6.45, 7) is 15.1. The Morgan fingerprint density at radius 3 is 2.52 bits per heavy atom. The Kier molecular flexibility index (Phi) is 12.5. The number of ether oxygens (including phenoxy) is 3. The number of aliphatic hydroxyl groups is 1. The minimum atomic E-state index is -1.24. The molecule has 0 saturated carbocycles. The molecule has 1 spiro atoms. The van der Waals surface area contributed by atoms with Crippen LogP contribution in [0.2, 0.25) is 0 Å². The van der Waals surface area contributed by atoms with Crippen molar-refractivity contribution in [1.29, 1.82) is 0 Å². The Morgan fingerprint density at radius 2 is 1.88 bits per heavy atom. The van der Waals surface area contributed by atoms with Crippen LogP contribution >= 0.6 is 0 Å². The van der Waals surface area contributed by atoms with E-state index in [1.807, 2.05) is 44.2 Å². The number of rotatable bonds is 17. The molecule has 0 radical (unpaired) electrons. The lowest BCUT2D eigenvalue weighted by Gasteiger charge is -2.39. The van der Waals surface area contributed by atoms with Crippen molar-refractivity contribution in [2.75, 3.05) is 59.6 Å².